The van der Waals surface area contributed by atoms with Crippen LogP contribution in [0.15, 0.2) is 11.0 Å². The van der Waals surface area contributed by atoms with Crippen molar-refractivity contribution in [2.75, 3.05) is 5.32 Å². The molecule has 1 atom stereocenters. The standard InChI is InChI=1S/C10H14F3N3O2/c1-5(9(2,3)18)15-7-6(10(11,12)13)4-14-8(17)16-7/h4-5,18H,1-3H3,(H2,14,15,16,17)/t5-/m1/s1. The molecule has 8 heteroatoms. The van der Waals surface area contributed by atoms with Crippen molar-refractivity contribution in [3.05, 3.63) is 22.2 Å². The summed E-state index contributed by atoms with van der Waals surface area (Å²) < 4.78 is 38.0. The average molecular weight is 265 g/mol. The van der Waals surface area contributed by atoms with E-state index < -0.39 is 34.9 Å². The maximum absolute atomic E-state index is 12.7. The van der Waals surface area contributed by atoms with Crippen LogP contribution in [0.3, 0.4) is 0 Å². The molecule has 18 heavy (non-hydrogen) atoms. The summed E-state index contributed by atoms with van der Waals surface area (Å²) in [6.45, 7) is 4.38. The summed E-state index contributed by atoms with van der Waals surface area (Å²) in [4.78, 5) is 16.0. The van der Waals surface area contributed by atoms with Gasteiger partial charge in [-0.3, -0.25) is 4.98 Å². The van der Waals surface area contributed by atoms with Gasteiger partial charge in [-0.05, 0) is 20.8 Å². The van der Waals surface area contributed by atoms with Crippen LogP contribution in [0.1, 0.15) is 26.3 Å². The number of rotatable bonds is 3. The molecule has 0 fully saturated rings. The third-order valence-corrected chi connectivity index (χ3v) is 2.54. The Hall–Kier alpha value is -1.57. The van der Waals surface area contributed by atoms with Crippen LogP contribution in [-0.4, -0.2) is 26.7 Å². The Morgan fingerprint density at radius 2 is 2.00 bits per heavy atom. The number of nitrogens with one attached hydrogen (secondary N) is 2. The molecule has 1 aromatic heterocycles. The Morgan fingerprint density at radius 3 is 2.44 bits per heavy atom. The van der Waals surface area contributed by atoms with E-state index in [9.17, 15) is 23.1 Å². The van der Waals surface area contributed by atoms with Gasteiger partial charge in [0.2, 0.25) is 0 Å². The lowest BCUT2D eigenvalue weighted by Gasteiger charge is -2.28. The summed E-state index contributed by atoms with van der Waals surface area (Å²) in [6, 6.07) is -0.698. The van der Waals surface area contributed by atoms with Crippen molar-refractivity contribution in [3.63, 3.8) is 0 Å². The Labute approximate surface area is 101 Å². The topological polar surface area (TPSA) is 78.0 Å². The summed E-state index contributed by atoms with van der Waals surface area (Å²) in [5.74, 6) is -0.503. The second-order valence-electron chi connectivity index (χ2n) is 4.49. The van der Waals surface area contributed by atoms with Gasteiger partial charge in [-0.15, -0.1) is 0 Å². The van der Waals surface area contributed by atoms with Crippen molar-refractivity contribution in [1.29, 1.82) is 0 Å². The summed E-state index contributed by atoms with van der Waals surface area (Å²) in [5.41, 5.74) is -3.23. The molecule has 0 aliphatic carbocycles. The Morgan fingerprint density at radius 1 is 1.44 bits per heavy atom. The molecule has 0 bridgehead atoms. The lowest BCUT2D eigenvalue weighted by atomic mass is 10.0. The van der Waals surface area contributed by atoms with Crippen LogP contribution in [0.5, 0.6) is 0 Å². The summed E-state index contributed by atoms with van der Waals surface area (Å²) in [7, 11) is 0. The minimum absolute atomic E-state index is 0.457. The minimum Gasteiger partial charge on any atom is -0.388 e. The van der Waals surface area contributed by atoms with E-state index in [1.54, 1.807) is 0 Å². The van der Waals surface area contributed by atoms with E-state index in [4.69, 9.17) is 0 Å². The van der Waals surface area contributed by atoms with E-state index in [0.29, 0.717) is 6.20 Å². The largest absolute Gasteiger partial charge is 0.421 e. The van der Waals surface area contributed by atoms with Gasteiger partial charge in [0, 0.05) is 6.20 Å². The fourth-order valence-corrected chi connectivity index (χ4v) is 1.12. The average Bonchev–Trinajstić information content (AvgIpc) is 2.13. The molecule has 1 aromatic rings. The molecule has 0 unspecified atom stereocenters. The van der Waals surface area contributed by atoms with Gasteiger partial charge in [-0.25, -0.2) is 9.78 Å². The normalized spacial score (nSPS) is 14.4. The monoisotopic (exact) mass is 265 g/mol. The molecular formula is C10H14F3N3O2. The molecule has 0 aliphatic heterocycles. The summed E-state index contributed by atoms with van der Waals surface area (Å²) in [5, 5.41) is 12.1. The number of aromatic amines is 1. The first-order valence-corrected chi connectivity index (χ1v) is 5.17. The highest BCUT2D eigenvalue weighted by atomic mass is 19.4. The molecule has 0 aromatic carbocycles. The van der Waals surface area contributed by atoms with Gasteiger partial charge in [0.05, 0.1) is 11.6 Å². The second kappa shape index (κ2) is 4.60. The summed E-state index contributed by atoms with van der Waals surface area (Å²) >= 11 is 0. The summed E-state index contributed by atoms with van der Waals surface area (Å²) in [6.07, 6.45) is -4.18. The van der Waals surface area contributed by atoms with Crippen molar-refractivity contribution in [1.82, 2.24) is 9.97 Å². The molecule has 3 N–H and O–H groups in total. The zero-order valence-electron chi connectivity index (χ0n) is 10.1. The second-order valence-corrected chi connectivity index (χ2v) is 4.49. The molecule has 102 valence electrons. The number of anilines is 1. The van der Waals surface area contributed by atoms with Gasteiger partial charge in [0.15, 0.2) is 0 Å². The molecular weight excluding hydrogens is 251 g/mol. The third kappa shape index (κ3) is 3.46. The van der Waals surface area contributed by atoms with Crippen LogP contribution < -0.4 is 11.0 Å². The van der Waals surface area contributed by atoms with Crippen LogP contribution in [0.25, 0.3) is 0 Å². The molecule has 0 aliphatic rings. The van der Waals surface area contributed by atoms with Gasteiger partial charge in [-0.2, -0.15) is 13.2 Å². The van der Waals surface area contributed by atoms with Crippen LogP contribution in [0, 0.1) is 0 Å². The molecule has 0 saturated heterocycles. The molecule has 0 spiro atoms. The van der Waals surface area contributed by atoms with Crippen molar-refractivity contribution >= 4 is 5.82 Å². The highest BCUT2D eigenvalue weighted by Crippen LogP contribution is 2.33. The lowest BCUT2D eigenvalue weighted by Crippen LogP contribution is -2.40. The number of aromatic nitrogens is 2. The smallest absolute Gasteiger partial charge is 0.388 e. The fourth-order valence-electron chi connectivity index (χ4n) is 1.12. The molecule has 0 amide bonds. The Kier molecular flexibility index (Phi) is 3.70. The maximum atomic E-state index is 12.7. The van der Waals surface area contributed by atoms with Gasteiger partial charge >= 0.3 is 11.9 Å². The fraction of sp³-hybridized carbons (Fsp3) is 0.600. The molecule has 1 rings (SSSR count). The van der Waals surface area contributed by atoms with Crippen molar-refractivity contribution in [3.8, 4) is 0 Å². The van der Waals surface area contributed by atoms with E-state index in [-0.39, 0.29) is 0 Å². The number of hydrogen-bond donors (Lipinski definition) is 3. The number of nitrogens with zero attached hydrogens (tertiary/aromatic N) is 1. The SMILES string of the molecule is C[C@@H](Nc1[nH]c(=O)ncc1C(F)(F)F)C(C)(C)O. The van der Waals surface area contributed by atoms with E-state index in [0.717, 1.165) is 0 Å². The van der Waals surface area contributed by atoms with Gasteiger partial charge in [0.25, 0.3) is 0 Å². The number of alkyl halides is 3. The van der Waals surface area contributed by atoms with Crippen LogP contribution in [0.4, 0.5) is 19.0 Å². The number of halogens is 3. The van der Waals surface area contributed by atoms with Crippen LogP contribution in [-0.2, 0) is 6.18 Å². The first-order valence-electron chi connectivity index (χ1n) is 5.17. The number of aliphatic hydroxyl groups is 1. The number of hydrogen-bond acceptors (Lipinski definition) is 4. The third-order valence-electron chi connectivity index (χ3n) is 2.54. The maximum Gasteiger partial charge on any atom is 0.421 e. The zero-order chi connectivity index (χ0) is 14.1. The van der Waals surface area contributed by atoms with Crippen molar-refractivity contribution in [2.45, 2.75) is 38.6 Å². The highest BCUT2D eigenvalue weighted by molar-refractivity contribution is 5.45. The lowest BCUT2D eigenvalue weighted by molar-refractivity contribution is -0.137. The zero-order valence-corrected chi connectivity index (χ0v) is 10.1. The Balaban J connectivity index is 3.15. The van der Waals surface area contributed by atoms with E-state index in [1.165, 1.54) is 20.8 Å². The predicted octanol–water partition coefficient (Wildman–Crippen LogP) is 1.36. The molecule has 5 nitrogen and oxygen atoms in total. The van der Waals surface area contributed by atoms with Gasteiger partial charge in [0.1, 0.15) is 11.4 Å². The van der Waals surface area contributed by atoms with E-state index >= 15 is 0 Å². The predicted molar refractivity (Wildman–Crippen MR) is 59.2 cm³/mol. The minimum atomic E-state index is -4.64. The van der Waals surface area contributed by atoms with Gasteiger partial charge in [-0.1, -0.05) is 0 Å². The quantitative estimate of drug-likeness (QED) is 0.771. The molecule has 0 radical (unpaired) electrons. The number of H-pyrrole nitrogens is 1. The molecule has 0 saturated carbocycles. The van der Waals surface area contributed by atoms with Gasteiger partial charge < -0.3 is 10.4 Å². The first-order chi connectivity index (χ1) is 8.01. The molecule has 1 heterocycles. The van der Waals surface area contributed by atoms with Crippen LogP contribution in [0.2, 0.25) is 0 Å². The van der Waals surface area contributed by atoms with Crippen molar-refractivity contribution in [2.24, 2.45) is 0 Å². The van der Waals surface area contributed by atoms with Crippen molar-refractivity contribution < 1.29 is 18.3 Å². The first kappa shape index (κ1) is 14.5. The van der Waals surface area contributed by atoms with Crippen LogP contribution >= 0.6 is 0 Å². The Bertz CT molecular complexity index is 476. The van der Waals surface area contributed by atoms with E-state index in [1.807, 2.05) is 4.98 Å². The highest BCUT2D eigenvalue weighted by Gasteiger charge is 2.36. The van der Waals surface area contributed by atoms with E-state index in [2.05, 4.69) is 10.3 Å².